The van der Waals surface area contributed by atoms with Gasteiger partial charge < -0.3 is 25.4 Å². The number of benzene rings is 1. The summed E-state index contributed by atoms with van der Waals surface area (Å²) in [7, 11) is 3.05. The number of rotatable bonds is 4. The van der Waals surface area contributed by atoms with Crippen molar-refractivity contribution in [1.29, 1.82) is 0 Å². The van der Waals surface area contributed by atoms with Crippen LogP contribution in [0, 0.1) is 0 Å². The lowest BCUT2D eigenvalue weighted by atomic mass is 10.0. The first-order valence-corrected chi connectivity index (χ1v) is 6.61. The van der Waals surface area contributed by atoms with E-state index in [-0.39, 0.29) is 30.8 Å². The van der Waals surface area contributed by atoms with Gasteiger partial charge in [-0.05, 0) is 18.2 Å². The molecule has 22 heavy (non-hydrogen) atoms. The van der Waals surface area contributed by atoms with Crippen molar-refractivity contribution in [2.45, 2.75) is 6.04 Å². The molecule has 1 unspecified atom stereocenters. The summed E-state index contributed by atoms with van der Waals surface area (Å²) in [5.41, 5.74) is 6.02. The SMILES string of the molecule is COc1ccc(OC)c(C2C(=O)NCCN2C(=O)CN)c1.Cl. The van der Waals surface area contributed by atoms with Crippen molar-refractivity contribution >= 4 is 24.2 Å². The zero-order valence-electron chi connectivity index (χ0n) is 12.5. The van der Waals surface area contributed by atoms with Crippen LogP contribution >= 0.6 is 12.4 Å². The average Bonchev–Trinajstić information content (AvgIpc) is 2.53. The second-order valence-corrected chi connectivity index (χ2v) is 4.59. The number of nitrogens with one attached hydrogen (secondary N) is 1. The van der Waals surface area contributed by atoms with Crippen molar-refractivity contribution < 1.29 is 19.1 Å². The number of nitrogens with two attached hydrogens (primary N) is 1. The number of nitrogens with zero attached hydrogens (tertiary/aromatic N) is 1. The molecule has 0 aromatic heterocycles. The molecule has 1 aromatic carbocycles. The van der Waals surface area contributed by atoms with E-state index < -0.39 is 6.04 Å². The van der Waals surface area contributed by atoms with Crippen LogP contribution in [0.25, 0.3) is 0 Å². The Hall–Kier alpha value is -1.99. The Morgan fingerprint density at radius 3 is 2.73 bits per heavy atom. The third-order valence-corrected chi connectivity index (χ3v) is 3.44. The number of amides is 2. The summed E-state index contributed by atoms with van der Waals surface area (Å²) in [5.74, 6) is 0.575. The standard InChI is InChI=1S/C14H19N3O4.ClH/c1-20-9-3-4-11(21-2)10(7-9)13-14(19)16-5-6-17(13)12(18)8-15;/h3-4,7,13H,5-6,8,15H2,1-2H3,(H,16,19);1H. The van der Waals surface area contributed by atoms with Gasteiger partial charge in [-0.1, -0.05) is 0 Å². The molecular weight excluding hydrogens is 310 g/mol. The number of ether oxygens (including phenoxy) is 2. The van der Waals surface area contributed by atoms with Crippen LogP contribution in [0.3, 0.4) is 0 Å². The predicted molar refractivity (Wildman–Crippen MR) is 83.3 cm³/mol. The minimum Gasteiger partial charge on any atom is -0.497 e. The molecule has 2 rings (SSSR count). The minimum absolute atomic E-state index is 0. The summed E-state index contributed by atoms with van der Waals surface area (Å²) < 4.78 is 10.5. The number of carbonyl (C=O) groups is 2. The molecule has 1 aromatic rings. The smallest absolute Gasteiger partial charge is 0.247 e. The van der Waals surface area contributed by atoms with Crippen molar-refractivity contribution in [3.05, 3.63) is 23.8 Å². The van der Waals surface area contributed by atoms with Crippen LogP contribution in [0.2, 0.25) is 0 Å². The fourth-order valence-corrected chi connectivity index (χ4v) is 2.42. The third kappa shape index (κ3) is 3.42. The topological polar surface area (TPSA) is 93.9 Å². The maximum absolute atomic E-state index is 12.3. The summed E-state index contributed by atoms with van der Waals surface area (Å²) in [5, 5.41) is 2.76. The Bertz CT molecular complexity index is 553. The zero-order valence-corrected chi connectivity index (χ0v) is 13.3. The minimum atomic E-state index is -0.764. The van der Waals surface area contributed by atoms with Crippen molar-refractivity contribution in [3.8, 4) is 11.5 Å². The van der Waals surface area contributed by atoms with Gasteiger partial charge in [-0.25, -0.2) is 0 Å². The Balaban J connectivity index is 0.00000242. The largest absolute Gasteiger partial charge is 0.497 e. The lowest BCUT2D eigenvalue weighted by Gasteiger charge is -2.35. The monoisotopic (exact) mass is 329 g/mol. The molecule has 2 amide bonds. The maximum Gasteiger partial charge on any atom is 0.247 e. The lowest BCUT2D eigenvalue weighted by Crippen LogP contribution is -2.53. The van der Waals surface area contributed by atoms with E-state index in [0.717, 1.165) is 0 Å². The maximum atomic E-state index is 12.3. The predicted octanol–water partition coefficient (Wildman–Crippen LogP) is 0.0838. The van der Waals surface area contributed by atoms with E-state index in [1.54, 1.807) is 18.2 Å². The molecule has 0 saturated carbocycles. The number of methoxy groups -OCH3 is 2. The first-order valence-electron chi connectivity index (χ1n) is 6.61. The van der Waals surface area contributed by atoms with Crippen LogP contribution in [0.5, 0.6) is 11.5 Å². The van der Waals surface area contributed by atoms with E-state index in [2.05, 4.69) is 5.32 Å². The normalized spacial score (nSPS) is 17.3. The summed E-state index contributed by atoms with van der Waals surface area (Å²) in [6, 6.07) is 4.38. The van der Waals surface area contributed by atoms with Gasteiger partial charge in [-0.3, -0.25) is 9.59 Å². The first kappa shape index (κ1) is 18.1. The van der Waals surface area contributed by atoms with Crippen LogP contribution in [0.15, 0.2) is 18.2 Å². The van der Waals surface area contributed by atoms with E-state index in [1.165, 1.54) is 19.1 Å². The van der Waals surface area contributed by atoms with Crippen LogP contribution in [-0.4, -0.2) is 50.6 Å². The fraction of sp³-hybridized carbons (Fsp3) is 0.429. The second kappa shape index (κ2) is 7.86. The molecule has 0 radical (unpaired) electrons. The molecule has 1 aliphatic heterocycles. The molecule has 1 atom stereocenters. The highest BCUT2D eigenvalue weighted by molar-refractivity contribution is 5.91. The summed E-state index contributed by atoms with van der Waals surface area (Å²) in [6.45, 7) is 0.677. The van der Waals surface area contributed by atoms with Crippen LogP contribution in [-0.2, 0) is 9.59 Å². The molecule has 122 valence electrons. The van der Waals surface area contributed by atoms with Crippen molar-refractivity contribution in [2.75, 3.05) is 33.9 Å². The van der Waals surface area contributed by atoms with E-state index in [9.17, 15) is 9.59 Å². The summed E-state index contributed by atoms with van der Waals surface area (Å²) >= 11 is 0. The number of carbonyl (C=O) groups excluding carboxylic acids is 2. The van der Waals surface area contributed by atoms with E-state index >= 15 is 0 Å². The van der Waals surface area contributed by atoms with Crippen LogP contribution < -0.4 is 20.5 Å². The average molecular weight is 330 g/mol. The second-order valence-electron chi connectivity index (χ2n) is 4.59. The summed E-state index contributed by atoms with van der Waals surface area (Å²) in [6.07, 6.45) is 0. The Labute approximate surface area is 135 Å². The van der Waals surface area contributed by atoms with Gasteiger partial charge in [-0.15, -0.1) is 12.4 Å². The Morgan fingerprint density at radius 1 is 1.41 bits per heavy atom. The number of halogens is 1. The Morgan fingerprint density at radius 2 is 2.14 bits per heavy atom. The molecule has 7 nitrogen and oxygen atoms in total. The number of hydrogen-bond donors (Lipinski definition) is 2. The van der Waals surface area contributed by atoms with Crippen molar-refractivity contribution in [1.82, 2.24) is 10.2 Å². The number of hydrogen-bond acceptors (Lipinski definition) is 5. The van der Waals surface area contributed by atoms with Crippen molar-refractivity contribution in [3.63, 3.8) is 0 Å². The Kier molecular flexibility index (Phi) is 6.45. The van der Waals surface area contributed by atoms with Gasteiger partial charge in [0.1, 0.15) is 17.5 Å². The molecular formula is C14H20ClN3O4. The number of piperazine rings is 1. The lowest BCUT2D eigenvalue weighted by molar-refractivity contribution is -0.142. The van der Waals surface area contributed by atoms with Crippen LogP contribution in [0.4, 0.5) is 0 Å². The van der Waals surface area contributed by atoms with Gasteiger partial charge in [0.25, 0.3) is 0 Å². The van der Waals surface area contributed by atoms with E-state index in [0.29, 0.717) is 30.2 Å². The fourth-order valence-electron chi connectivity index (χ4n) is 2.42. The quantitative estimate of drug-likeness (QED) is 0.816. The molecule has 0 bridgehead atoms. The highest BCUT2D eigenvalue weighted by atomic mass is 35.5. The molecule has 3 N–H and O–H groups in total. The van der Waals surface area contributed by atoms with Gasteiger partial charge in [0.05, 0.1) is 20.8 Å². The van der Waals surface area contributed by atoms with Crippen LogP contribution in [0.1, 0.15) is 11.6 Å². The molecule has 1 fully saturated rings. The molecule has 0 spiro atoms. The van der Waals surface area contributed by atoms with Gasteiger partial charge in [0, 0.05) is 18.7 Å². The van der Waals surface area contributed by atoms with Gasteiger partial charge in [0.15, 0.2) is 0 Å². The zero-order chi connectivity index (χ0) is 15.4. The molecule has 0 aliphatic carbocycles. The van der Waals surface area contributed by atoms with Gasteiger partial charge in [0.2, 0.25) is 11.8 Å². The molecule has 1 heterocycles. The van der Waals surface area contributed by atoms with E-state index in [1.807, 2.05) is 0 Å². The summed E-state index contributed by atoms with van der Waals surface area (Å²) in [4.78, 5) is 25.7. The van der Waals surface area contributed by atoms with Crippen molar-refractivity contribution in [2.24, 2.45) is 5.73 Å². The third-order valence-electron chi connectivity index (χ3n) is 3.44. The molecule has 1 aliphatic rings. The highest BCUT2D eigenvalue weighted by Crippen LogP contribution is 2.33. The van der Waals surface area contributed by atoms with E-state index in [4.69, 9.17) is 15.2 Å². The highest BCUT2D eigenvalue weighted by Gasteiger charge is 2.35. The van der Waals surface area contributed by atoms with Gasteiger partial charge in [-0.2, -0.15) is 0 Å². The molecule has 8 heteroatoms. The van der Waals surface area contributed by atoms with Gasteiger partial charge >= 0.3 is 0 Å². The first-order chi connectivity index (χ1) is 10.1. The molecule has 1 saturated heterocycles.